The van der Waals surface area contributed by atoms with Gasteiger partial charge in [0.2, 0.25) is 0 Å². The van der Waals surface area contributed by atoms with E-state index in [1.807, 2.05) is 13.0 Å². The van der Waals surface area contributed by atoms with Gasteiger partial charge in [0.05, 0.1) is 13.0 Å². The number of ether oxygens (including phenoxy) is 1. The highest BCUT2D eigenvalue weighted by Gasteiger charge is 2.24. The summed E-state index contributed by atoms with van der Waals surface area (Å²) in [7, 11) is 0. The van der Waals surface area contributed by atoms with Crippen LogP contribution in [0.4, 0.5) is 0 Å². The lowest BCUT2D eigenvalue weighted by molar-refractivity contribution is -0.143. The minimum atomic E-state index is -0.265. The van der Waals surface area contributed by atoms with Crippen molar-refractivity contribution in [1.82, 2.24) is 0 Å². The molecule has 0 aromatic heterocycles. The topological polar surface area (TPSA) is 67.2 Å². The largest absolute Gasteiger partial charge is 0.465 e. The maximum atomic E-state index is 11.8. The molecule has 0 spiro atoms. The van der Waals surface area contributed by atoms with Crippen LogP contribution in [0.2, 0.25) is 0 Å². The van der Waals surface area contributed by atoms with Gasteiger partial charge in [-0.2, -0.15) is 0 Å². The van der Waals surface area contributed by atoms with Gasteiger partial charge in [0.25, 0.3) is 0 Å². The van der Waals surface area contributed by atoms with Crippen LogP contribution in [-0.4, -0.2) is 24.6 Å². The summed E-state index contributed by atoms with van der Waals surface area (Å²) in [4.78, 5) is 23.5. The first-order chi connectivity index (χ1) is 10.5. The molecule has 1 saturated carbocycles. The Bertz CT molecular complexity index is 397. The molecule has 1 N–H and O–H groups in total. The standard InChI is InChI=1S/C18H29NO3/c1-14(11-12-19)13-22-18(21)10-6-9-17(15(2)20)16-7-4-3-5-8-16/h6,9,12,14,16-17,19H,3-5,7-8,10-11,13H2,1-2H3/b9-6+,19-12?. The number of hydrogen-bond donors (Lipinski definition) is 1. The second-order valence-electron chi connectivity index (χ2n) is 6.39. The van der Waals surface area contributed by atoms with E-state index in [1.54, 1.807) is 13.0 Å². The molecule has 0 bridgehead atoms. The van der Waals surface area contributed by atoms with Crippen molar-refractivity contribution >= 4 is 18.0 Å². The molecule has 22 heavy (non-hydrogen) atoms. The van der Waals surface area contributed by atoms with Crippen LogP contribution in [0.15, 0.2) is 12.2 Å². The van der Waals surface area contributed by atoms with Gasteiger partial charge < -0.3 is 10.1 Å². The normalized spacial score (nSPS) is 18.8. The predicted octanol–water partition coefficient (Wildman–Crippen LogP) is 3.94. The van der Waals surface area contributed by atoms with Crippen molar-refractivity contribution in [2.75, 3.05) is 6.61 Å². The average molecular weight is 307 g/mol. The van der Waals surface area contributed by atoms with Gasteiger partial charge in [-0.3, -0.25) is 9.59 Å². The quantitative estimate of drug-likeness (QED) is 0.398. The van der Waals surface area contributed by atoms with Crippen molar-refractivity contribution in [3.63, 3.8) is 0 Å². The highest BCUT2D eigenvalue weighted by Crippen LogP contribution is 2.31. The number of carbonyl (C=O) groups is 2. The van der Waals surface area contributed by atoms with Gasteiger partial charge in [0.15, 0.2) is 0 Å². The van der Waals surface area contributed by atoms with Gasteiger partial charge in [-0.05, 0) is 44.2 Å². The molecule has 0 saturated heterocycles. The van der Waals surface area contributed by atoms with E-state index in [9.17, 15) is 9.59 Å². The third-order valence-electron chi connectivity index (χ3n) is 4.30. The Morgan fingerprint density at radius 2 is 1.95 bits per heavy atom. The first-order valence-electron chi connectivity index (χ1n) is 8.36. The number of carbonyl (C=O) groups excluding carboxylic acids is 2. The maximum absolute atomic E-state index is 11.8. The van der Waals surface area contributed by atoms with E-state index < -0.39 is 0 Å². The van der Waals surface area contributed by atoms with Gasteiger partial charge in [0.1, 0.15) is 5.78 Å². The molecule has 2 unspecified atom stereocenters. The van der Waals surface area contributed by atoms with Gasteiger partial charge >= 0.3 is 5.97 Å². The van der Waals surface area contributed by atoms with E-state index in [0.29, 0.717) is 18.9 Å². The van der Waals surface area contributed by atoms with Crippen molar-refractivity contribution in [2.45, 2.75) is 58.8 Å². The summed E-state index contributed by atoms with van der Waals surface area (Å²) in [5, 5.41) is 7.01. The van der Waals surface area contributed by atoms with Gasteiger partial charge in [-0.15, -0.1) is 0 Å². The number of rotatable bonds is 9. The molecule has 2 atom stereocenters. The molecule has 1 rings (SSSR count). The number of Topliss-reactive ketones (excluding diaryl/α,β-unsaturated/α-hetero) is 1. The highest BCUT2D eigenvalue weighted by molar-refractivity contribution is 5.80. The Labute approximate surface area is 133 Å². The molecule has 0 heterocycles. The minimum absolute atomic E-state index is 0.0510. The van der Waals surface area contributed by atoms with Crippen LogP contribution in [0.5, 0.6) is 0 Å². The van der Waals surface area contributed by atoms with Crippen LogP contribution in [0.25, 0.3) is 0 Å². The molecular formula is C18H29NO3. The number of ketones is 1. The van der Waals surface area contributed by atoms with Crippen LogP contribution in [0.1, 0.15) is 58.8 Å². The van der Waals surface area contributed by atoms with E-state index >= 15 is 0 Å². The summed E-state index contributed by atoms with van der Waals surface area (Å²) < 4.78 is 5.17. The van der Waals surface area contributed by atoms with Crippen molar-refractivity contribution in [3.8, 4) is 0 Å². The zero-order valence-electron chi connectivity index (χ0n) is 13.8. The molecule has 0 radical (unpaired) electrons. The summed E-state index contributed by atoms with van der Waals surface area (Å²) >= 11 is 0. The zero-order valence-corrected chi connectivity index (χ0v) is 13.8. The molecule has 0 amide bonds. The Hall–Kier alpha value is -1.45. The zero-order chi connectivity index (χ0) is 16.4. The molecule has 1 aliphatic carbocycles. The fraction of sp³-hybridized carbons (Fsp3) is 0.722. The third-order valence-corrected chi connectivity index (χ3v) is 4.30. The summed E-state index contributed by atoms with van der Waals surface area (Å²) in [6.45, 7) is 3.94. The van der Waals surface area contributed by atoms with Crippen molar-refractivity contribution < 1.29 is 14.3 Å². The predicted molar refractivity (Wildman–Crippen MR) is 88.0 cm³/mol. The molecular weight excluding hydrogens is 278 g/mol. The van der Waals surface area contributed by atoms with E-state index in [1.165, 1.54) is 25.5 Å². The SMILES string of the molecule is CC(=O)C(/C=C/CC(=O)OCC(C)CC=N)C1CCCCC1. The fourth-order valence-corrected chi connectivity index (χ4v) is 2.99. The van der Waals surface area contributed by atoms with Gasteiger partial charge in [-0.1, -0.05) is 38.3 Å². The molecule has 124 valence electrons. The number of hydrogen-bond acceptors (Lipinski definition) is 4. The van der Waals surface area contributed by atoms with Crippen molar-refractivity contribution in [1.29, 1.82) is 5.41 Å². The molecule has 0 aromatic rings. The summed E-state index contributed by atoms with van der Waals surface area (Å²) in [6.07, 6.45) is 11.8. The molecule has 0 aliphatic heterocycles. The lowest BCUT2D eigenvalue weighted by atomic mass is 9.78. The second-order valence-corrected chi connectivity index (χ2v) is 6.39. The average Bonchev–Trinajstić information content (AvgIpc) is 2.50. The molecule has 0 aromatic carbocycles. The third kappa shape index (κ3) is 7.01. The highest BCUT2D eigenvalue weighted by atomic mass is 16.5. The van der Waals surface area contributed by atoms with Crippen LogP contribution in [0.3, 0.4) is 0 Å². The number of nitrogens with one attached hydrogen (secondary N) is 1. The molecule has 4 nitrogen and oxygen atoms in total. The van der Waals surface area contributed by atoms with Gasteiger partial charge in [0, 0.05) is 5.92 Å². The first kappa shape index (κ1) is 18.6. The monoisotopic (exact) mass is 307 g/mol. The molecule has 4 heteroatoms. The lowest BCUT2D eigenvalue weighted by Crippen LogP contribution is -2.22. The van der Waals surface area contributed by atoms with Crippen molar-refractivity contribution in [2.24, 2.45) is 17.8 Å². The number of allylic oxidation sites excluding steroid dienone is 1. The molecule has 1 fully saturated rings. The van der Waals surface area contributed by atoms with E-state index in [2.05, 4.69) is 0 Å². The van der Waals surface area contributed by atoms with E-state index in [4.69, 9.17) is 10.1 Å². The Kier molecular flexibility index (Phi) is 8.71. The fourth-order valence-electron chi connectivity index (χ4n) is 2.99. The summed E-state index contributed by atoms with van der Waals surface area (Å²) in [5.41, 5.74) is 0. The Morgan fingerprint density at radius 3 is 2.55 bits per heavy atom. The van der Waals surface area contributed by atoms with Crippen LogP contribution >= 0.6 is 0 Å². The van der Waals surface area contributed by atoms with Crippen molar-refractivity contribution in [3.05, 3.63) is 12.2 Å². The summed E-state index contributed by atoms with van der Waals surface area (Å²) in [5.74, 6) is 0.490. The number of esters is 1. The first-order valence-corrected chi connectivity index (χ1v) is 8.36. The van der Waals surface area contributed by atoms with E-state index in [-0.39, 0.29) is 30.0 Å². The van der Waals surface area contributed by atoms with Crippen LogP contribution < -0.4 is 0 Å². The maximum Gasteiger partial charge on any atom is 0.309 e. The lowest BCUT2D eigenvalue weighted by Gasteiger charge is -2.26. The molecule has 1 aliphatic rings. The van der Waals surface area contributed by atoms with Crippen LogP contribution in [-0.2, 0) is 14.3 Å². The van der Waals surface area contributed by atoms with Crippen LogP contribution in [0, 0.1) is 23.2 Å². The minimum Gasteiger partial charge on any atom is -0.465 e. The smallest absolute Gasteiger partial charge is 0.309 e. The Balaban J connectivity index is 2.38. The Morgan fingerprint density at radius 1 is 1.27 bits per heavy atom. The van der Waals surface area contributed by atoms with E-state index in [0.717, 1.165) is 12.8 Å². The second kappa shape index (κ2) is 10.3. The van der Waals surface area contributed by atoms with Gasteiger partial charge in [-0.25, -0.2) is 0 Å². The summed E-state index contributed by atoms with van der Waals surface area (Å²) in [6, 6.07) is 0.